The van der Waals surface area contributed by atoms with Crippen LogP contribution in [0.15, 0.2) is 42.6 Å². The predicted octanol–water partition coefficient (Wildman–Crippen LogP) is 4.84. The molecule has 0 radical (unpaired) electrons. The van der Waals surface area contributed by atoms with E-state index >= 15 is 0 Å². The highest BCUT2D eigenvalue weighted by Gasteiger charge is 2.42. The summed E-state index contributed by atoms with van der Waals surface area (Å²) in [7, 11) is 0. The highest BCUT2D eigenvalue weighted by Crippen LogP contribution is 2.40. The van der Waals surface area contributed by atoms with E-state index in [0.717, 1.165) is 74.3 Å². The van der Waals surface area contributed by atoms with E-state index in [9.17, 15) is 13.9 Å². The van der Waals surface area contributed by atoms with Crippen LogP contribution in [0.4, 0.5) is 8.78 Å². The summed E-state index contributed by atoms with van der Waals surface area (Å²) in [6.07, 6.45) is 6.15. The van der Waals surface area contributed by atoms with Gasteiger partial charge in [0, 0.05) is 37.7 Å². The number of β-amino-alcohol motifs (C(OH)–C–C–N with tert-alkyl or cyclic N) is 1. The number of ether oxygens (including phenoxy) is 2. The Hall–Kier alpha value is -2.55. The first kappa shape index (κ1) is 22.9. The van der Waals surface area contributed by atoms with Crippen LogP contribution in [-0.4, -0.2) is 52.1 Å². The first-order valence-corrected chi connectivity index (χ1v) is 12.6. The zero-order valence-corrected chi connectivity index (χ0v) is 19.7. The predicted molar refractivity (Wildman–Crippen MR) is 127 cm³/mol. The van der Waals surface area contributed by atoms with Gasteiger partial charge in [0.1, 0.15) is 5.82 Å². The topological polar surface area (TPSA) is 59.8 Å². The zero-order chi connectivity index (χ0) is 23.9. The summed E-state index contributed by atoms with van der Waals surface area (Å²) < 4.78 is 40.8. The highest BCUT2D eigenvalue weighted by atomic mass is 19.1. The second kappa shape index (κ2) is 9.48. The van der Waals surface area contributed by atoms with Crippen molar-refractivity contribution in [1.29, 1.82) is 0 Å². The Kier molecular flexibility index (Phi) is 6.20. The third kappa shape index (κ3) is 4.67. The maximum absolute atomic E-state index is 13.9. The van der Waals surface area contributed by atoms with Crippen molar-refractivity contribution in [3.8, 4) is 5.75 Å². The molecule has 8 heteroatoms. The van der Waals surface area contributed by atoms with Gasteiger partial charge in [0.05, 0.1) is 23.9 Å². The van der Waals surface area contributed by atoms with E-state index in [0.29, 0.717) is 18.4 Å². The van der Waals surface area contributed by atoms with Gasteiger partial charge in [-0.2, -0.15) is 5.10 Å². The van der Waals surface area contributed by atoms with Crippen LogP contribution in [0.1, 0.15) is 50.0 Å². The second-order valence-corrected chi connectivity index (χ2v) is 10.3. The minimum absolute atomic E-state index is 0.00612. The number of halogens is 2. The number of hydrogen-bond acceptors (Lipinski definition) is 5. The van der Waals surface area contributed by atoms with Crippen molar-refractivity contribution < 1.29 is 23.4 Å². The molecule has 0 bridgehead atoms. The molecule has 6 nitrogen and oxygen atoms in total. The summed E-state index contributed by atoms with van der Waals surface area (Å²) in [5, 5.41) is 16.5. The minimum Gasteiger partial charge on any atom is -0.487 e. The number of hydrogen-bond donors (Lipinski definition) is 1. The summed E-state index contributed by atoms with van der Waals surface area (Å²) >= 11 is 0. The van der Waals surface area contributed by atoms with Gasteiger partial charge in [-0.05, 0) is 73.8 Å². The van der Waals surface area contributed by atoms with Gasteiger partial charge in [-0.1, -0.05) is 6.07 Å². The van der Waals surface area contributed by atoms with E-state index in [1.165, 1.54) is 12.1 Å². The molecule has 1 aliphatic carbocycles. The van der Waals surface area contributed by atoms with E-state index in [4.69, 9.17) is 9.47 Å². The van der Waals surface area contributed by atoms with Crippen molar-refractivity contribution in [2.75, 3.05) is 26.2 Å². The van der Waals surface area contributed by atoms with Crippen molar-refractivity contribution >= 4 is 10.9 Å². The molecule has 3 fully saturated rings. The van der Waals surface area contributed by atoms with Crippen LogP contribution in [0.5, 0.6) is 5.75 Å². The van der Waals surface area contributed by atoms with Gasteiger partial charge < -0.3 is 14.6 Å². The molecule has 1 N–H and O–H groups in total. The molecule has 0 spiro atoms. The van der Waals surface area contributed by atoms with Crippen LogP contribution >= 0.6 is 0 Å². The molecule has 3 aliphatic rings. The van der Waals surface area contributed by atoms with Crippen LogP contribution in [0, 0.1) is 23.5 Å². The fourth-order valence-electron chi connectivity index (χ4n) is 6.11. The summed E-state index contributed by atoms with van der Waals surface area (Å²) in [4.78, 5) is 2.32. The van der Waals surface area contributed by atoms with Gasteiger partial charge in [-0.3, -0.25) is 4.90 Å². The molecule has 186 valence electrons. The molecular weight excluding hydrogens is 452 g/mol. The van der Waals surface area contributed by atoms with Gasteiger partial charge in [-0.25, -0.2) is 13.5 Å². The largest absolute Gasteiger partial charge is 0.487 e. The summed E-state index contributed by atoms with van der Waals surface area (Å²) in [5.74, 6) is -0.199. The van der Waals surface area contributed by atoms with Gasteiger partial charge in [-0.15, -0.1) is 0 Å². The van der Waals surface area contributed by atoms with Crippen molar-refractivity contribution in [2.45, 2.75) is 50.5 Å². The second-order valence-electron chi connectivity index (χ2n) is 10.3. The van der Waals surface area contributed by atoms with Crippen molar-refractivity contribution in [1.82, 2.24) is 14.7 Å². The summed E-state index contributed by atoms with van der Waals surface area (Å²) in [6, 6.07) is 9.51. The molecule has 3 heterocycles. The summed E-state index contributed by atoms with van der Waals surface area (Å²) in [6.45, 7) is 3.15. The third-order valence-electron chi connectivity index (χ3n) is 7.83. The molecule has 35 heavy (non-hydrogen) atoms. The number of benzene rings is 2. The number of rotatable bonds is 6. The van der Waals surface area contributed by atoms with E-state index in [2.05, 4.69) is 10.00 Å². The number of aromatic nitrogens is 2. The van der Waals surface area contributed by atoms with E-state index in [1.807, 2.05) is 29.1 Å². The average molecular weight is 484 g/mol. The number of nitrogens with zero attached hydrogens (tertiary/aromatic N) is 3. The van der Waals surface area contributed by atoms with Crippen LogP contribution in [0.25, 0.3) is 10.9 Å². The molecule has 2 saturated heterocycles. The zero-order valence-electron chi connectivity index (χ0n) is 19.7. The molecule has 2 aromatic carbocycles. The van der Waals surface area contributed by atoms with Crippen LogP contribution in [0.3, 0.4) is 0 Å². The molecule has 6 rings (SSSR count). The van der Waals surface area contributed by atoms with E-state index < -0.39 is 17.7 Å². The van der Waals surface area contributed by atoms with Crippen molar-refractivity contribution in [3.63, 3.8) is 0 Å². The number of likely N-dealkylation sites (tertiary alicyclic amines) is 1. The Morgan fingerprint density at radius 3 is 2.66 bits per heavy atom. The Bertz CT molecular complexity index is 1180. The molecule has 1 aromatic heterocycles. The van der Waals surface area contributed by atoms with E-state index in [1.54, 1.807) is 0 Å². The van der Waals surface area contributed by atoms with E-state index in [-0.39, 0.29) is 18.1 Å². The fourth-order valence-corrected chi connectivity index (χ4v) is 6.11. The Morgan fingerprint density at radius 2 is 1.91 bits per heavy atom. The normalized spacial score (nSPS) is 27.9. The number of aliphatic hydroxyl groups is 1. The van der Waals surface area contributed by atoms with Gasteiger partial charge >= 0.3 is 0 Å². The number of fused-ring (bicyclic) bond motifs is 2. The molecular formula is C27H31F2N3O3. The van der Waals surface area contributed by atoms with Crippen molar-refractivity contribution in [2.24, 2.45) is 11.8 Å². The highest BCUT2D eigenvalue weighted by molar-refractivity contribution is 5.79. The lowest BCUT2D eigenvalue weighted by atomic mass is 10.0. The summed E-state index contributed by atoms with van der Waals surface area (Å²) in [5.41, 5.74) is 1.93. The molecule has 2 unspecified atom stereocenters. The molecule has 3 aromatic rings. The minimum atomic E-state index is -0.652. The quantitative estimate of drug-likeness (QED) is 0.544. The lowest BCUT2D eigenvalue weighted by Gasteiger charge is -2.24. The standard InChI is InChI=1S/C27H31F2N3O3/c28-21-5-7-26(23(29)12-21)35-22-10-19-14-31(15-20(19)11-22)16-25(33)17-4-6-24-18(9-17)13-30-32(24)27-3-1-2-8-34-27/h4-7,9,12-13,19-20,22,25,27,33H,1-3,8,10-11,14-16H2/t19-,20+,22?,25-,27?/m0/s1. The lowest BCUT2D eigenvalue weighted by molar-refractivity contribution is -0.0366. The van der Waals surface area contributed by atoms with Crippen LogP contribution in [0.2, 0.25) is 0 Å². The third-order valence-corrected chi connectivity index (χ3v) is 7.83. The molecule has 0 amide bonds. The average Bonchev–Trinajstić information content (AvgIpc) is 3.54. The fraction of sp³-hybridized carbons (Fsp3) is 0.519. The first-order valence-electron chi connectivity index (χ1n) is 12.6. The molecule has 2 aliphatic heterocycles. The molecule has 5 atom stereocenters. The monoisotopic (exact) mass is 483 g/mol. The van der Waals surface area contributed by atoms with Gasteiger partial charge in [0.2, 0.25) is 0 Å². The number of aliphatic hydroxyl groups excluding tert-OH is 1. The smallest absolute Gasteiger partial charge is 0.167 e. The Labute approximate surface area is 203 Å². The SMILES string of the molecule is O[C@@H](CN1C[C@H]2CC(Oc3ccc(F)cc3F)C[C@H]2C1)c1ccc2c(cnn2C2CCCCO2)c1. The van der Waals surface area contributed by atoms with Gasteiger partial charge in [0.25, 0.3) is 0 Å². The Balaban J connectivity index is 1.05. The molecule has 1 saturated carbocycles. The van der Waals surface area contributed by atoms with Crippen molar-refractivity contribution in [3.05, 3.63) is 59.8 Å². The lowest BCUT2D eigenvalue weighted by Crippen LogP contribution is -2.29. The van der Waals surface area contributed by atoms with Gasteiger partial charge in [0.15, 0.2) is 17.8 Å². The maximum Gasteiger partial charge on any atom is 0.167 e. The Morgan fingerprint density at radius 1 is 1.09 bits per heavy atom. The maximum atomic E-state index is 13.9. The van der Waals surface area contributed by atoms with Crippen LogP contribution in [-0.2, 0) is 4.74 Å². The van der Waals surface area contributed by atoms with Crippen LogP contribution < -0.4 is 4.74 Å². The first-order chi connectivity index (χ1) is 17.0.